The van der Waals surface area contributed by atoms with E-state index in [9.17, 15) is 4.79 Å². The second-order valence-electron chi connectivity index (χ2n) is 3.97. The number of carboxylic acid groups (broad SMARTS) is 1. The fraction of sp³-hybridized carbons (Fsp3) is 0.909. The third kappa shape index (κ3) is 6.89. The van der Waals surface area contributed by atoms with Gasteiger partial charge in [0.1, 0.15) is 0 Å². The number of hydrogen-bond donors (Lipinski definition) is 1. The number of carboxylic acids is 1. The van der Waals surface area contributed by atoms with E-state index in [1.807, 2.05) is 7.05 Å². The Morgan fingerprint density at radius 2 is 2.07 bits per heavy atom. The first-order valence-corrected chi connectivity index (χ1v) is 5.50. The third-order valence-electron chi connectivity index (χ3n) is 2.66. The predicted octanol–water partition coefficient (Wildman–Crippen LogP) is 2.36. The molecule has 0 spiro atoms. The van der Waals surface area contributed by atoms with E-state index in [2.05, 4.69) is 18.7 Å². The molecule has 0 saturated heterocycles. The van der Waals surface area contributed by atoms with E-state index >= 15 is 0 Å². The molecule has 0 aliphatic carbocycles. The van der Waals surface area contributed by atoms with Crippen molar-refractivity contribution in [2.24, 2.45) is 0 Å². The minimum Gasteiger partial charge on any atom is -0.481 e. The van der Waals surface area contributed by atoms with Gasteiger partial charge in [-0.05, 0) is 20.4 Å². The summed E-state index contributed by atoms with van der Waals surface area (Å²) < 4.78 is 0. The monoisotopic (exact) mass is 201 g/mol. The van der Waals surface area contributed by atoms with Gasteiger partial charge in [0.25, 0.3) is 0 Å². The number of aliphatic carboxylic acids is 1. The van der Waals surface area contributed by atoms with Crippen LogP contribution in [-0.4, -0.2) is 35.6 Å². The fourth-order valence-electron chi connectivity index (χ4n) is 1.40. The summed E-state index contributed by atoms with van der Waals surface area (Å²) in [5.41, 5.74) is 0. The van der Waals surface area contributed by atoms with Gasteiger partial charge in [0.05, 0.1) is 6.42 Å². The van der Waals surface area contributed by atoms with Crippen LogP contribution in [0.15, 0.2) is 0 Å². The van der Waals surface area contributed by atoms with Gasteiger partial charge in [-0.25, -0.2) is 0 Å². The molecular weight excluding hydrogens is 178 g/mol. The van der Waals surface area contributed by atoms with Crippen molar-refractivity contribution in [3.63, 3.8) is 0 Å². The van der Waals surface area contributed by atoms with Crippen LogP contribution in [0.2, 0.25) is 0 Å². The molecule has 0 fully saturated rings. The van der Waals surface area contributed by atoms with Gasteiger partial charge in [0, 0.05) is 12.6 Å². The summed E-state index contributed by atoms with van der Waals surface area (Å²) in [6, 6.07) is 0.501. The molecule has 84 valence electrons. The summed E-state index contributed by atoms with van der Waals surface area (Å²) >= 11 is 0. The molecule has 0 aromatic heterocycles. The van der Waals surface area contributed by atoms with Crippen molar-refractivity contribution < 1.29 is 9.90 Å². The highest BCUT2D eigenvalue weighted by Gasteiger charge is 2.09. The molecule has 0 radical (unpaired) electrons. The summed E-state index contributed by atoms with van der Waals surface area (Å²) in [7, 11) is 2.00. The number of unbranched alkanes of at least 4 members (excludes halogenated alkanes) is 2. The first-order chi connectivity index (χ1) is 6.57. The standard InChI is InChI=1S/C11H23NO2/c1-4-5-6-7-10(2)12(3)9-8-11(13)14/h10H,4-9H2,1-3H3,(H,13,14)/t10-/m1/s1. The summed E-state index contributed by atoms with van der Waals surface area (Å²) in [5.74, 6) is -0.711. The Morgan fingerprint density at radius 1 is 1.43 bits per heavy atom. The number of rotatable bonds is 8. The van der Waals surface area contributed by atoms with E-state index in [0.717, 1.165) is 0 Å². The van der Waals surface area contributed by atoms with E-state index < -0.39 is 5.97 Å². The maximum Gasteiger partial charge on any atom is 0.304 e. The van der Waals surface area contributed by atoms with Gasteiger partial charge in [0.2, 0.25) is 0 Å². The second kappa shape index (κ2) is 7.80. The molecule has 0 rings (SSSR count). The summed E-state index contributed by atoms with van der Waals surface area (Å²) in [5, 5.41) is 8.53. The van der Waals surface area contributed by atoms with E-state index in [-0.39, 0.29) is 6.42 Å². The first-order valence-electron chi connectivity index (χ1n) is 5.50. The minimum absolute atomic E-state index is 0.245. The van der Waals surface area contributed by atoms with Gasteiger partial charge >= 0.3 is 5.97 Å². The average Bonchev–Trinajstić information content (AvgIpc) is 2.14. The molecule has 0 aromatic carbocycles. The Morgan fingerprint density at radius 3 is 2.57 bits per heavy atom. The zero-order chi connectivity index (χ0) is 11.0. The lowest BCUT2D eigenvalue weighted by molar-refractivity contribution is -0.137. The van der Waals surface area contributed by atoms with Crippen LogP contribution in [-0.2, 0) is 4.79 Å². The highest BCUT2D eigenvalue weighted by atomic mass is 16.4. The lowest BCUT2D eigenvalue weighted by Crippen LogP contribution is -2.31. The van der Waals surface area contributed by atoms with E-state index in [4.69, 9.17) is 5.11 Å². The van der Waals surface area contributed by atoms with Crippen LogP contribution in [0, 0.1) is 0 Å². The van der Waals surface area contributed by atoms with Gasteiger partial charge in [-0.1, -0.05) is 26.2 Å². The van der Waals surface area contributed by atoms with Crippen LogP contribution in [0.1, 0.15) is 46.0 Å². The van der Waals surface area contributed by atoms with Crippen molar-refractivity contribution in [2.45, 2.75) is 52.0 Å². The normalized spacial score (nSPS) is 13.1. The molecule has 1 atom stereocenters. The third-order valence-corrected chi connectivity index (χ3v) is 2.66. The molecule has 3 heteroatoms. The van der Waals surface area contributed by atoms with Crippen LogP contribution in [0.5, 0.6) is 0 Å². The topological polar surface area (TPSA) is 40.5 Å². The van der Waals surface area contributed by atoms with Gasteiger partial charge < -0.3 is 10.0 Å². The quantitative estimate of drug-likeness (QED) is 0.613. The molecule has 14 heavy (non-hydrogen) atoms. The maximum atomic E-state index is 10.4. The van der Waals surface area contributed by atoms with Crippen LogP contribution >= 0.6 is 0 Å². The van der Waals surface area contributed by atoms with E-state index in [1.165, 1.54) is 25.7 Å². The molecular formula is C11H23NO2. The summed E-state index contributed by atoms with van der Waals surface area (Å²) in [6.07, 6.45) is 5.18. The van der Waals surface area contributed by atoms with E-state index in [0.29, 0.717) is 12.6 Å². The Labute approximate surface area is 87.1 Å². The lowest BCUT2D eigenvalue weighted by Gasteiger charge is -2.23. The average molecular weight is 201 g/mol. The van der Waals surface area contributed by atoms with Gasteiger partial charge in [-0.3, -0.25) is 4.79 Å². The fourth-order valence-corrected chi connectivity index (χ4v) is 1.40. The molecule has 0 bridgehead atoms. The highest BCUT2D eigenvalue weighted by molar-refractivity contribution is 5.66. The zero-order valence-corrected chi connectivity index (χ0v) is 9.62. The molecule has 0 aliphatic rings. The van der Waals surface area contributed by atoms with Crippen molar-refractivity contribution in [2.75, 3.05) is 13.6 Å². The van der Waals surface area contributed by atoms with Gasteiger partial charge in [-0.2, -0.15) is 0 Å². The predicted molar refractivity (Wildman–Crippen MR) is 58.5 cm³/mol. The van der Waals surface area contributed by atoms with Crippen molar-refractivity contribution >= 4 is 5.97 Å². The van der Waals surface area contributed by atoms with Crippen LogP contribution in [0.4, 0.5) is 0 Å². The molecule has 1 N–H and O–H groups in total. The van der Waals surface area contributed by atoms with Crippen LogP contribution < -0.4 is 0 Å². The molecule has 0 saturated carbocycles. The lowest BCUT2D eigenvalue weighted by atomic mass is 10.1. The second-order valence-corrected chi connectivity index (χ2v) is 3.97. The van der Waals surface area contributed by atoms with Crippen molar-refractivity contribution in [1.82, 2.24) is 4.90 Å². The Kier molecular flexibility index (Phi) is 7.48. The summed E-state index contributed by atoms with van der Waals surface area (Å²) in [6.45, 7) is 5.01. The Bertz CT molecular complexity index is 159. The molecule has 0 aromatic rings. The van der Waals surface area contributed by atoms with Crippen LogP contribution in [0.3, 0.4) is 0 Å². The van der Waals surface area contributed by atoms with E-state index in [1.54, 1.807) is 0 Å². The molecule has 0 amide bonds. The molecule has 0 unspecified atom stereocenters. The van der Waals surface area contributed by atoms with Crippen LogP contribution in [0.25, 0.3) is 0 Å². The van der Waals surface area contributed by atoms with Crippen molar-refractivity contribution in [3.05, 3.63) is 0 Å². The first kappa shape index (κ1) is 13.4. The molecule has 0 heterocycles. The smallest absolute Gasteiger partial charge is 0.304 e. The molecule has 0 aliphatic heterocycles. The number of hydrogen-bond acceptors (Lipinski definition) is 2. The Hall–Kier alpha value is -0.570. The minimum atomic E-state index is -0.711. The largest absolute Gasteiger partial charge is 0.481 e. The van der Waals surface area contributed by atoms with Gasteiger partial charge in [0.15, 0.2) is 0 Å². The molecule has 3 nitrogen and oxygen atoms in total. The zero-order valence-electron chi connectivity index (χ0n) is 9.62. The number of carbonyl (C=O) groups is 1. The van der Waals surface area contributed by atoms with Crippen molar-refractivity contribution in [3.8, 4) is 0 Å². The summed E-state index contributed by atoms with van der Waals surface area (Å²) in [4.78, 5) is 12.5. The highest BCUT2D eigenvalue weighted by Crippen LogP contribution is 2.08. The SMILES string of the molecule is CCCCC[C@@H](C)N(C)CCC(=O)O. The maximum absolute atomic E-state index is 10.4. The van der Waals surface area contributed by atoms with Crippen molar-refractivity contribution in [1.29, 1.82) is 0 Å². The number of nitrogens with zero attached hydrogens (tertiary/aromatic N) is 1. The Balaban J connectivity index is 3.53. The van der Waals surface area contributed by atoms with Gasteiger partial charge in [-0.15, -0.1) is 0 Å².